The Morgan fingerprint density at radius 1 is 1.07 bits per heavy atom. The number of nitrogens with one attached hydrogen (secondary N) is 1. The van der Waals surface area contributed by atoms with Crippen LogP contribution < -0.4 is 5.32 Å². The Labute approximate surface area is 175 Å². The Balaban J connectivity index is 1.81. The second-order valence-electron chi connectivity index (χ2n) is 5.57. The first-order chi connectivity index (χ1) is 12.9. The van der Waals surface area contributed by atoms with Crippen LogP contribution in [0.4, 0.5) is 10.5 Å². The molecule has 0 saturated carbocycles. The van der Waals surface area contributed by atoms with Crippen LogP contribution in [0.1, 0.15) is 11.7 Å². The highest BCUT2D eigenvalue weighted by Gasteiger charge is 2.21. The second kappa shape index (κ2) is 8.85. The summed E-state index contributed by atoms with van der Waals surface area (Å²) in [5, 5.41) is 4.25. The van der Waals surface area contributed by atoms with E-state index in [2.05, 4.69) is 10.3 Å². The summed E-state index contributed by atoms with van der Waals surface area (Å²) in [4.78, 5) is 16.4. The van der Waals surface area contributed by atoms with Crippen molar-refractivity contribution in [1.82, 2.24) is 9.55 Å². The van der Waals surface area contributed by atoms with E-state index in [0.29, 0.717) is 37.9 Å². The number of anilines is 1. The van der Waals surface area contributed by atoms with Crippen LogP contribution >= 0.6 is 46.4 Å². The lowest BCUT2D eigenvalue weighted by molar-refractivity contribution is 0.0998. The molecule has 3 aromatic rings. The number of halogens is 4. The molecule has 9 heteroatoms. The van der Waals surface area contributed by atoms with Gasteiger partial charge in [0, 0.05) is 33.0 Å². The summed E-state index contributed by atoms with van der Waals surface area (Å²) in [6.45, 7) is 0.323. The number of nitrogens with zero attached hydrogens (tertiary/aromatic N) is 2. The molecule has 3 rings (SSSR count). The Hall–Kier alpha value is -1.92. The third-order valence-electron chi connectivity index (χ3n) is 3.66. The number of imidazole rings is 1. The second-order valence-corrected chi connectivity index (χ2v) is 7.26. The predicted molar refractivity (Wildman–Crippen MR) is 108 cm³/mol. The highest BCUT2D eigenvalue weighted by atomic mass is 35.5. The van der Waals surface area contributed by atoms with Crippen molar-refractivity contribution in [3.63, 3.8) is 0 Å². The summed E-state index contributed by atoms with van der Waals surface area (Å²) in [6.07, 6.45) is 3.65. The maximum Gasteiger partial charge on any atom is 0.412 e. The van der Waals surface area contributed by atoms with Gasteiger partial charge < -0.3 is 9.30 Å². The van der Waals surface area contributed by atoms with E-state index in [1.54, 1.807) is 53.6 Å². The summed E-state index contributed by atoms with van der Waals surface area (Å²) in [5.74, 6) is 0. The van der Waals surface area contributed by atoms with Crippen molar-refractivity contribution in [3.8, 4) is 0 Å². The number of carbonyl (C=O) groups excluding carboxylic acids is 1. The van der Waals surface area contributed by atoms with Crippen LogP contribution in [0.2, 0.25) is 20.1 Å². The van der Waals surface area contributed by atoms with Crippen LogP contribution in [0.15, 0.2) is 55.1 Å². The van der Waals surface area contributed by atoms with E-state index in [0.717, 1.165) is 0 Å². The largest absolute Gasteiger partial charge is 0.439 e. The van der Waals surface area contributed by atoms with Gasteiger partial charge in [-0.15, -0.1) is 0 Å². The zero-order valence-corrected chi connectivity index (χ0v) is 16.7. The minimum atomic E-state index is -0.685. The molecule has 5 nitrogen and oxygen atoms in total. The Morgan fingerprint density at radius 3 is 2.41 bits per heavy atom. The van der Waals surface area contributed by atoms with E-state index in [4.69, 9.17) is 51.1 Å². The van der Waals surface area contributed by atoms with Crippen molar-refractivity contribution >= 4 is 58.2 Å². The molecule has 1 atom stereocenters. The van der Waals surface area contributed by atoms with Crippen LogP contribution in [0.3, 0.4) is 0 Å². The number of rotatable bonds is 5. The first kappa shape index (κ1) is 19.8. The van der Waals surface area contributed by atoms with E-state index in [9.17, 15) is 4.79 Å². The highest BCUT2D eigenvalue weighted by Crippen LogP contribution is 2.31. The van der Waals surface area contributed by atoms with Gasteiger partial charge in [0.15, 0.2) is 0 Å². The summed E-state index contributed by atoms with van der Waals surface area (Å²) < 4.78 is 7.38. The number of ether oxygens (including phenoxy) is 1. The van der Waals surface area contributed by atoms with Crippen LogP contribution in [0.5, 0.6) is 0 Å². The normalized spacial score (nSPS) is 11.9. The maximum atomic E-state index is 12.4. The van der Waals surface area contributed by atoms with Crippen LogP contribution in [0.25, 0.3) is 0 Å². The fourth-order valence-corrected chi connectivity index (χ4v) is 3.39. The van der Waals surface area contributed by atoms with Crippen LogP contribution in [-0.2, 0) is 11.3 Å². The van der Waals surface area contributed by atoms with Crippen LogP contribution in [0, 0.1) is 0 Å². The minimum Gasteiger partial charge on any atom is -0.439 e. The molecule has 140 valence electrons. The Bertz CT molecular complexity index is 948. The molecule has 0 aliphatic rings. The van der Waals surface area contributed by atoms with Gasteiger partial charge in [0.25, 0.3) is 0 Å². The molecule has 27 heavy (non-hydrogen) atoms. The van der Waals surface area contributed by atoms with Gasteiger partial charge in [-0.25, -0.2) is 9.78 Å². The molecular formula is C18H13Cl4N3O2. The molecule has 1 unspecified atom stereocenters. The maximum absolute atomic E-state index is 12.4. The van der Waals surface area contributed by atoms with Gasteiger partial charge in [0.1, 0.15) is 6.10 Å². The molecule has 1 aromatic heterocycles. The van der Waals surface area contributed by atoms with Gasteiger partial charge in [0.2, 0.25) is 0 Å². The van der Waals surface area contributed by atoms with Gasteiger partial charge in [-0.2, -0.15) is 0 Å². The predicted octanol–water partition coefficient (Wildman–Crippen LogP) is 6.49. The topological polar surface area (TPSA) is 56.1 Å². The fourth-order valence-electron chi connectivity index (χ4n) is 2.41. The van der Waals surface area contributed by atoms with Crippen LogP contribution in [-0.4, -0.2) is 15.6 Å². The summed E-state index contributed by atoms with van der Waals surface area (Å²) in [6, 6.07) is 9.72. The third-order valence-corrected chi connectivity index (χ3v) is 4.77. The molecule has 2 aromatic carbocycles. The molecule has 0 aliphatic carbocycles. The van der Waals surface area contributed by atoms with E-state index >= 15 is 0 Å². The lowest BCUT2D eigenvalue weighted by atomic mass is 10.1. The molecule has 0 spiro atoms. The molecule has 0 bridgehead atoms. The molecule has 1 heterocycles. The lowest BCUT2D eigenvalue weighted by Gasteiger charge is -2.20. The van der Waals surface area contributed by atoms with E-state index in [-0.39, 0.29) is 0 Å². The highest BCUT2D eigenvalue weighted by molar-refractivity contribution is 6.36. The molecule has 1 N–H and O–H groups in total. The number of hydrogen-bond donors (Lipinski definition) is 1. The fraction of sp³-hybridized carbons (Fsp3) is 0.111. The van der Waals surface area contributed by atoms with Crippen molar-refractivity contribution in [2.24, 2.45) is 0 Å². The molecule has 0 radical (unpaired) electrons. The van der Waals surface area contributed by atoms with Gasteiger partial charge in [-0.1, -0.05) is 52.5 Å². The quantitative estimate of drug-likeness (QED) is 0.489. The van der Waals surface area contributed by atoms with Gasteiger partial charge in [0.05, 0.1) is 23.6 Å². The first-order valence-corrected chi connectivity index (χ1v) is 9.27. The lowest BCUT2D eigenvalue weighted by Crippen LogP contribution is -2.21. The summed E-state index contributed by atoms with van der Waals surface area (Å²) >= 11 is 24.2. The van der Waals surface area contributed by atoms with E-state index in [1.165, 1.54) is 6.07 Å². The monoisotopic (exact) mass is 443 g/mol. The summed E-state index contributed by atoms with van der Waals surface area (Å²) in [5.41, 5.74) is 1.00. The van der Waals surface area contributed by atoms with Crippen molar-refractivity contribution in [3.05, 3.63) is 80.8 Å². The molecule has 0 aliphatic heterocycles. The molecule has 0 fully saturated rings. The van der Waals surface area contributed by atoms with Crippen molar-refractivity contribution in [2.45, 2.75) is 12.6 Å². The van der Waals surface area contributed by atoms with Crippen molar-refractivity contribution < 1.29 is 9.53 Å². The number of hydrogen-bond acceptors (Lipinski definition) is 3. The zero-order chi connectivity index (χ0) is 19.4. The molecule has 0 saturated heterocycles. The number of benzene rings is 2. The third kappa shape index (κ3) is 5.30. The SMILES string of the molecule is O=C(Nc1ccc(Cl)cc1Cl)OC(Cn1ccnc1)c1ccc(Cl)cc1Cl. The standard InChI is InChI=1S/C18H13Cl4N3O2/c19-11-1-3-13(14(21)7-11)17(9-25-6-5-23-10-25)27-18(26)24-16-4-2-12(20)8-15(16)22/h1-8,10,17H,9H2,(H,24,26). The van der Waals surface area contributed by atoms with E-state index < -0.39 is 12.2 Å². The van der Waals surface area contributed by atoms with Gasteiger partial charge >= 0.3 is 6.09 Å². The average Bonchev–Trinajstić information content (AvgIpc) is 3.10. The van der Waals surface area contributed by atoms with Crippen molar-refractivity contribution in [2.75, 3.05) is 5.32 Å². The van der Waals surface area contributed by atoms with Gasteiger partial charge in [-0.3, -0.25) is 5.32 Å². The summed E-state index contributed by atoms with van der Waals surface area (Å²) in [7, 11) is 0. The number of carbonyl (C=O) groups is 1. The minimum absolute atomic E-state index is 0.301. The van der Waals surface area contributed by atoms with Gasteiger partial charge in [-0.05, 0) is 30.3 Å². The Kier molecular flexibility index (Phi) is 6.50. The smallest absolute Gasteiger partial charge is 0.412 e. The van der Waals surface area contributed by atoms with Crippen molar-refractivity contribution in [1.29, 1.82) is 0 Å². The number of amides is 1. The molecular weight excluding hydrogens is 432 g/mol. The molecule has 1 amide bonds. The first-order valence-electron chi connectivity index (χ1n) is 7.76. The zero-order valence-electron chi connectivity index (χ0n) is 13.7. The number of aromatic nitrogens is 2. The average molecular weight is 445 g/mol. The van der Waals surface area contributed by atoms with E-state index in [1.807, 2.05) is 0 Å². The Morgan fingerprint density at radius 2 is 1.78 bits per heavy atom.